The van der Waals surface area contributed by atoms with Gasteiger partial charge in [0.1, 0.15) is 28.7 Å². The molecule has 0 aliphatic heterocycles. The van der Waals surface area contributed by atoms with Gasteiger partial charge in [-0.3, -0.25) is 0 Å². The molecule has 1 aromatic carbocycles. The molecular weight excluding hydrogens is 308 g/mol. The maximum absolute atomic E-state index is 12.2. The molecule has 0 atom stereocenters. The average molecular weight is 326 g/mol. The first kappa shape index (κ1) is 16.3. The number of aromatic nitrogens is 1. The zero-order valence-electron chi connectivity index (χ0n) is 12.6. The summed E-state index contributed by atoms with van der Waals surface area (Å²) in [6, 6.07) is 7.09. The van der Waals surface area contributed by atoms with Crippen LogP contribution in [0.4, 0.5) is 0 Å². The van der Waals surface area contributed by atoms with Crippen molar-refractivity contribution in [2.45, 2.75) is 18.7 Å². The van der Waals surface area contributed by atoms with Crippen LogP contribution in [0.25, 0.3) is 0 Å². The van der Waals surface area contributed by atoms with E-state index < -0.39 is 10.0 Å². The van der Waals surface area contributed by atoms with Gasteiger partial charge in [-0.15, -0.1) is 0 Å². The van der Waals surface area contributed by atoms with E-state index in [1.807, 2.05) is 0 Å². The van der Waals surface area contributed by atoms with Gasteiger partial charge in [-0.1, -0.05) is 11.2 Å². The molecule has 0 amide bonds. The molecule has 0 saturated carbocycles. The summed E-state index contributed by atoms with van der Waals surface area (Å²) in [5, 5.41) is 3.64. The highest BCUT2D eigenvalue weighted by atomic mass is 32.2. The molecule has 120 valence electrons. The van der Waals surface area contributed by atoms with Crippen LogP contribution in [0.3, 0.4) is 0 Å². The Kier molecular flexibility index (Phi) is 5.04. The summed E-state index contributed by atoms with van der Waals surface area (Å²) in [5.74, 6) is 1.54. The van der Waals surface area contributed by atoms with Gasteiger partial charge in [0.2, 0.25) is 10.0 Å². The van der Waals surface area contributed by atoms with E-state index in [0.717, 1.165) is 0 Å². The Morgan fingerprint density at radius 3 is 2.64 bits per heavy atom. The minimum Gasteiger partial charge on any atom is -0.497 e. The number of aryl methyl sites for hydroxylation is 2. The zero-order valence-corrected chi connectivity index (χ0v) is 13.4. The summed E-state index contributed by atoms with van der Waals surface area (Å²) in [7, 11) is -2.09. The number of benzene rings is 1. The lowest BCUT2D eigenvalue weighted by Crippen LogP contribution is -2.29. The standard InChI is InChI=1S/C14H18N2O5S/c1-10-14(11(2)21-16-10)22(17,18)15-7-8-20-13-6-4-5-12(9-13)19-3/h4-6,9,15H,7-8H2,1-3H3. The molecule has 1 N–H and O–H groups in total. The lowest BCUT2D eigenvalue weighted by Gasteiger charge is -2.09. The molecule has 22 heavy (non-hydrogen) atoms. The normalized spacial score (nSPS) is 11.4. The number of rotatable bonds is 7. The number of hydrogen-bond donors (Lipinski definition) is 1. The van der Waals surface area contributed by atoms with Crippen LogP contribution in [0, 0.1) is 13.8 Å². The van der Waals surface area contributed by atoms with Crippen molar-refractivity contribution in [1.29, 1.82) is 0 Å². The minimum atomic E-state index is -3.66. The van der Waals surface area contributed by atoms with E-state index in [1.165, 1.54) is 0 Å². The Balaban J connectivity index is 1.91. The number of ether oxygens (including phenoxy) is 2. The third-order valence-corrected chi connectivity index (χ3v) is 4.65. The number of hydrogen-bond acceptors (Lipinski definition) is 6. The van der Waals surface area contributed by atoms with Crippen LogP contribution >= 0.6 is 0 Å². The third kappa shape index (κ3) is 3.77. The Hall–Kier alpha value is -2.06. The van der Waals surface area contributed by atoms with Crippen molar-refractivity contribution in [2.24, 2.45) is 0 Å². The fourth-order valence-corrected chi connectivity index (χ4v) is 3.30. The quantitative estimate of drug-likeness (QED) is 0.778. The van der Waals surface area contributed by atoms with Gasteiger partial charge >= 0.3 is 0 Å². The fraction of sp³-hybridized carbons (Fsp3) is 0.357. The van der Waals surface area contributed by atoms with Crippen molar-refractivity contribution < 1.29 is 22.4 Å². The van der Waals surface area contributed by atoms with E-state index in [1.54, 1.807) is 45.2 Å². The molecular formula is C14H18N2O5S. The lowest BCUT2D eigenvalue weighted by molar-refractivity contribution is 0.319. The van der Waals surface area contributed by atoms with Gasteiger partial charge in [0.15, 0.2) is 5.76 Å². The van der Waals surface area contributed by atoms with Crippen LogP contribution in [0.15, 0.2) is 33.7 Å². The second-order valence-corrected chi connectivity index (χ2v) is 6.28. The maximum atomic E-state index is 12.2. The lowest BCUT2D eigenvalue weighted by atomic mass is 10.3. The molecule has 0 radical (unpaired) electrons. The number of nitrogens with zero attached hydrogens (tertiary/aromatic N) is 1. The van der Waals surface area contributed by atoms with Gasteiger partial charge in [-0.2, -0.15) is 0 Å². The van der Waals surface area contributed by atoms with E-state index >= 15 is 0 Å². The predicted molar refractivity (Wildman–Crippen MR) is 79.7 cm³/mol. The highest BCUT2D eigenvalue weighted by molar-refractivity contribution is 7.89. The van der Waals surface area contributed by atoms with E-state index in [2.05, 4.69) is 9.88 Å². The van der Waals surface area contributed by atoms with E-state index in [-0.39, 0.29) is 23.8 Å². The van der Waals surface area contributed by atoms with Crippen LogP contribution in [0.5, 0.6) is 11.5 Å². The van der Waals surface area contributed by atoms with E-state index in [0.29, 0.717) is 17.2 Å². The summed E-state index contributed by atoms with van der Waals surface area (Å²) in [4.78, 5) is 0.0777. The maximum Gasteiger partial charge on any atom is 0.246 e. The van der Waals surface area contributed by atoms with Crippen LogP contribution in [-0.4, -0.2) is 33.8 Å². The highest BCUT2D eigenvalue weighted by Crippen LogP contribution is 2.19. The van der Waals surface area contributed by atoms with Crippen molar-refractivity contribution >= 4 is 10.0 Å². The largest absolute Gasteiger partial charge is 0.497 e. The van der Waals surface area contributed by atoms with Gasteiger partial charge in [0.05, 0.1) is 7.11 Å². The Morgan fingerprint density at radius 2 is 2.00 bits per heavy atom. The van der Waals surface area contributed by atoms with Gasteiger partial charge in [-0.05, 0) is 26.0 Å². The number of sulfonamides is 1. The van der Waals surface area contributed by atoms with Gasteiger partial charge in [-0.25, -0.2) is 13.1 Å². The molecule has 0 unspecified atom stereocenters. The first-order valence-corrected chi connectivity index (χ1v) is 8.12. The van der Waals surface area contributed by atoms with Crippen molar-refractivity contribution in [3.8, 4) is 11.5 Å². The number of methoxy groups -OCH3 is 1. The topological polar surface area (TPSA) is 90.7 Å². The third-order valence-electron chi connectivity index (χ3n) is 2.94. The summed E-state index contributed by atoms with van der Waals surface area (Å²) in [5.41, 5.74) is 0.332. The highest BCUT2D eigenvalue weighted by Gasteiger charge is 2.23. The first-order chi connectivity index (χ1) is 10.4. The Labute approximate surface area is 129 Å². The second kappa shape index (κ2) is 6.80. The summed E-state index contributed by atoms with van der Waals surface area (Å²) in [6.45, 7) is 3.46. The van der Waals surface area contributed by atoms with Crippen molar-refractivity contribution in [3.05, 3.63) is 35.7 Å². The van der Waals surface area contributed by atoms with Crippen LogP contribution in [0.1, 0.15) is 11.5 Å². The minimum absolute atomic E-state index is 0.0777. The second-order valence-electron chi connectivity index (χ2n) is 4.58. The zero-order chi connectivity index (χ0) is 16.2. The monoisotopic (exact) mass is 326 g/mol. The van der Waals surface area contributed by atoms with Crippen molar-refractivity contribution in [1.82, 2.24) is 9.88 Å². The smallest absolute Gasteiger partial charge is 0.246 e. The van der Waals surface area contributed by atoms with Gasteiger partial charge in [0.25, 0.3) is 0 Å². The summed E-state index contributed by atoms with van der Waals surface area (Å²) >= 11 is 0. The molecule has 0 bridgehead atoms. The first-order valence-electron chi connectivity index (χ1n) is 6.63. The van der Waals surface area contributed by atoms with Gasteiger partial charge < -0.3 is 14.0 Å². The van der Waals surface area contributed by atoms with Crippen LogP contribution in [-0.2, 0) is 10.0 Å². The van der Waals surface area contributed by atoms with Crippen LogP contribution < -0.4 is 14.2 Å². The van der Waals surface area contributed by atoms with Crippen molar-refractivity contribution in [2.75, 3.05) is 20.3 Å². The van der Waals surface area contributed by atoms with Crippen LogP contribution in [0.2, 0.25) is 0 Å². The Bertz CT molecular complexity index is 720. The Morgan fingerprint density at radius 1 is 1.27 bits per heavy atom. The molecule has 8 heteroatoms. The number of nitrogens with one attached hydrogen (secondary N) is 1. The predicted octanol–water partition coefficient (Wildman–Crippen LogP) is 1.66. The molecule has 1 aromatic heterocycles. The summed E-state index contributed by atoms with van der Waals surface area (Å²) < 4.78 is 42.2. The summed E-state index contributed by atoms with van der Waals surface area (Å²) in [6.07, 6.45) is 0. The van der Waals surface area contributed by atoms with E-state index in [9.17, 15) is 8.42 Å². The molecule has 0 fully saturated rings. The SMILES string of the molecule is COc1cccc(OCCNS(=O)(=O)c2c(C)noc2C)c1. The molecule has 0 saturated heterocycles. The molecule has 1 heterocycles. The van der Waals surface area contributed by atoms with Gasteiger partial charge in [0, 0.05) is 12.6 Å². The molecule has 0 aliphatic rings. The molecule has 2 aromatic rings. The average Bonchev–Trinajstić information content (AvgIpc) is 2.83. The molecule has 0 spiro atoms. The molecule has 0 aliphatic carbocycles. The fourth-order valence-electron chi connectivity index (χ4n) is 1.97. The van der Waals surface area contributed by atoms with E-state index in [4.69, 9.17) is 14.0 Å². The molecule has 2 rings (SSSR count). The van der Waals surface area contributed by atoms with Crippen molar-refractivity contribution in [3.63, 3.8) is 0 Å². The molecule has 7 nitrogen and oxygen atoms in total.